The van der Waals surface area contributed by atoms with Gasteiger partial charge in [-0.3, -0.25) is 9.59 Å². The first-order valence-electron chi connectivity index (χ1n) is 7.56. The summed E-state index contributed by atoms with van der Waals surface area (Å²) >= 11 is 0. The van der Waals surface area contributed by atoms with Crippen LogP contribution in [-0.4, -0.2) is 70.9 Å². The van der Waals surface area contributed by atoms with Gasteiger partial charge >= 0.3 is 0 Å². The Bertz CT molecular complexity index is 747. The van der Waals surface area contributed by atoms with Crippen molar-refractivity contribution in [3.05, 3.63) is 41.7 Å². The van der Waals surface area contributed by atoms with Crippen molar-refractivity contribution in [1.82, 2.24) is 24.8 Å². The molecule has 0 spiro atoms. The Morgan fingerprint density at radius 2 is 1.88 bits per heavy atom. The summed E-state index contributed by atoms with van der Waals surface area (Å²) < 4.78 is 6.74. The Morgan fingerprint density at radius 3 is 2.46 bits per heavy atom. The zero-order chi connectivity index (χ0) is 17.3. The van der Waals surface area contributed by atoms with Crippen LogP contribution in [0.25, 0.3) is 0 Å². The third-order valence-corrected chi connectivity index (χ3v) is 4.00. The summed E-state index contributed by atoms with van der Waals surface area (Å²) in [6, 6.07) is 7.07. The Morgan fingerprint density at radius 1 is 1.21 bits per heavy atom. The molecule has 1 aromatic heterocycles. The second-order valence-corrected chi connectivity index (χ2v) is 5.88. The zero-order valence-electron chi connectivity index (χ0n) is 13.8. The highest BCUT2D eigenvalue weighted by molar-refractivity contribution is 5.95. The number of ether oxygens (including phenoxy) is 1. The van der Waals surface area contributed by atoms with Crippen LogP contribution in [0.2, 0.25) is 0 Å². The van der Waals surface area contributed by atoms with Gasteiger partial charge in [0.2, 0.25) is 0 Å². The van der Waals surface area contributed by atoms with Crippen molar-refractivity contribution >= 4 is 11.8 Å². The van der Waals surface area contributed by atoms with E-state index in [0.717, 1.165) is 0 Å². The third kappa shape index (κ3) is 2.94. The van der Waals surface area contributed by atoms with Crippen molar-refractivity contribution in [3.8, 4) is 5.75 Å². The second kappa shape index (κ2) is 6.31. The van der Waals surface area contributed by atoms with E-state index in [-0.39, 0.29) is 17.9 Å². The number of benzene rings is 1. The van der Waals surface area contributed by atoms with Gasteiger partial charge in [0.25, 0.3) is 11.8 Å². The molecule has 8 heteroatoms. The molecule has 3 rings (SSSR count). The number of methoxy groups -OCH3 is 1. The monoisotopic (exact) mass is 329 g/mol. The van der Waals surface area contributed by atoms with Crippen LogP contribution in [-0.2, 0) is 0 Å². The molecule has 0 bridgehead atoms. The predicted octanol–water partition coefficient (Wildman–Crippen LogP) is 0.686. The minimum atomic E-state index is -0.188. The molecule has 2 aromatic rings. The van der Waals surface area contributed by atoms with Crippen LogP contribution in [0.3, 0.4) is 0 Å². The molecule has 2 heterocycles. The summed E-state index contributed by atoms with van der Waals surface area (Å²) in [4.78, 5) is 27.4. The quantitative estimate of drug-likeness (QED) is 0.824. The molecule has 2 amide bonds. The van der Waals surface area contributed by atoms with E-state index in [1.54, 1.807) is 61.2 Å². The molecule has 0 atom stereocenters. The van der Waals surface area contributed by atoms with Crippen molar-refractivity contribution < 1.29 is 14.3 Å². The summed E-state index contributed by atoms with van der Waals surface area (Å²) in [6.07, 6.45) is 1.63. The number of carbonyl (C=O) groups is 2. The van der Waals surface area contributed by atoms with Crippen LogP contribution in [0.1, 0.15) is 26.9 Å². The molecule has 126 valence electrons. The fourth-order valence-electron chi connectivity index (χ4n) is 2.49. The Hall–Kier alpha value is -2.90. The van der Waals surface area contributed by atoms with E-state index >= 15 is 0 Å². The van der Waals surface area contributed by atoms with Crippen LogP contribution in [0.5, 0.6) is 5.75 Å². The Kier molecular flexibility index (Phi) is 4.20. The topological polar surface area (TPSA) is 80.6 Å². The molecule has 0 N–H and O–H groups in total. The standard InChI is InChI=1S/C16H19N5O3/c1-19(2)16(23)14-10-21(18-17-14)12-8-20(9-12)15(22)11-4-6-13(24-3)7-5-11/h4-7,10,12H,8-9H2,1-3H3. The number of hydrogen-bond acceptors (Lipinski definition) is 5. The lowest BCUT2D eigenvalue weighted by molar-refractivity contribution is 0.0498. The summed E-state index contributed by atoms with van der Waals surface area (Å²) in [7, 11) is 4.92. The minimum absolute atomic E-state index is 0.0291. The maximum atomic E-state index is 12.4. The van der Waals surface area contributed by atoms with Gasteiger partial charge in [-0.15, -0.1) is 5.10 Å². The maximum absolute atomic E-state index is 12.4. The van der Waals surface area contributed by atoms with Crippen molar-refractivity contribution in [3.63, 3.8) is 0 Å². The Balaban J connectivity index is 1.60. The van der Waals surface area contributed by atoms with E-state index in [4.69, 9.17) is 4.74 Å². The fraction of sp³-hybridized carbons (Fsp3) is 0.375. The van der Waals surface area contributed by atoms with Gasteiger partial charge in [-0.05, 0) is 24.3 Å². The second-order valence-electron chi connectivity index (χ2n) is 5.88. The van der Waals surface area contributed by atoms with Crippen molar-refractivity contribution in [2.24, 2.45) is 0 Å². The van der Waals surface area contributed by atoms with Gasteiger partial charge < -0.3 is 14.5 Å². The molecule has 1 fully saturated rings. The molecule has 1 aromatic carbocycles. The molecule has 24 heavy (non-hydrogen) atoms. The largest absolute Gasteiger partial charge is 0.497 e. The summed E-state index contributed by atoms with van der Waals surface area (Å²) in [5.41, 5.74) is 0.927. The molecule has 0 unspecified atom stereocenters. The number of aromatic nitrogens is 3. The average molecular weight is 329 g/mol. The van der Waals surface area contributed by atoms with Gasteiger partial charge in [-0.25, -0.2) is 4.68 Å². The van der Waals surface area contributed by atoms with Crippen LogP contribution in [0.4, 0.5) is 0 Å². The number of likely N-dealkylation sites (tertiary alicyclic amines) is 1. The summed E-state index contributed by atoms with van der Waals surface area (Å²) in [5, 5.41) is 7.89. The highest BCUT2D eigenvalue weighted by atomic mass is 16.5. The molecular formula is C16H19N5O3. The highest BCUT2D eigenvalue weighted by Gasteiger charge is 2.33. The number of rotatable bonds is 4. The third-order valence-electron chi connectivity index (χ3n) is 4.00. The van der Waals surface area contributed by atoms with E-state index < -0.39 is 0 Å². The number of nitrogens with zero attached hydrogens (tertiary/aromatic N) is 5. The lowest BCUT2D eigenvalue weighted by atomic mass is 10.1. The predicted molar refractivity (Wildman–Crippen MR) is 86.0 cm³/mol. The van der Waals surface area contributed by atoms with E-state index in [9.17, 15) is 9.59 Å². The molecule has 0 saturated carbocycles. The van der Waals surface area contributed by atoms with Crippen molar-refractivity contribution in [1.29, 1.82) is 0 Å². The highest BCUT2D eigenvalue weighted by Crippen LogP contribution is 2.23. The smallest absolute Gasteiger partial charge is 0.275 e. The molecule has 8 nitrogen and oxygen atoms in total. The van der Waals surface area contributed by atoms with Gasteiger partial charge in [0, 0.05) is 32.7 Å². The van der Waals surface area contributed by atoms with Gasteiger partial charge in [0.15, 0.2) is 5.69 Å². The first kappa shape index (κ1) is 16.0. The van der Waals surface area contributed by atoms with Crippen LogP contribution < -0.4 is 4.74 Å². The van der Waals surface area contributed by atoms with E-state index in [1.165, 1.54) is 4.90 Å². The lowest BCUT2D eigenvalue weighted by Gasteiger charge is -2.38. The molecule has 0 aliphatic carbocycles. The van der Waals surface area contributed by atoms with Crippen LogP contribution in [0, 0.1) is 0 Å². The van der Waals surface area contributed by atoms with Gasteiger partial charge in [-0.1, -0.05) is 5.21 Å². The molecule has 0 radical (unpaired) electrons. The minimum Gasteiger partial charge on any atom is -0.497 e. The van der Waals surface area contributed by atoms with Gasteiger partial charge in [-0.2, -0.15) is 0 Å². The lowest BCUT2D eigenvalue weighted by Crippen LogP contribution is -2.50. The van der Waals surface area contributed by atoms with E-state index in [1.807, 2.05) is 0 Å². The van der Waals surface area contributed by atoms with Crippen LogP contribution in [0.15, 0.2) is 30.5 Å². The summed E-state index contributed by atoms with van der Waals surface area (Å²) in [5.74, 6) is 0.499. The van der Waals surface area contributed by atoms with E-state index in [0.29, 0.717) is 30.1 Å². The fourth-order valence-corrected chi connectivity index (χ4v) is 2.49. The SMILES string of the molecule is COc1ccc(C(=O)N2CC(n3cc(C(=O)N(C)C)nn3)C2)cc1. The number of carbonyl (C=O) groups excluding carboxylic acids is 2. The first-order chi connectivity index (χ1) is 11.5. The zero-order valence-corrected chi connectivity index (χ0v) is 13.8. The Labute approximate surface area is 139 Å². The molecule has 1 saturated heterocycles. The molecule has 1 aliphatic rings. The number of hydrogen-bond donors (Lipinski definition) is 0. The number of amides is 2. The summed E-state index contributed by atoms with van der Waals surface area (Å²) in [6.45, 7) is 1.09. The maximum Gasteiger partial charge on any atom is 0.275 e. The van der Waals surface area contributed by atoms with Crippen molar-refractivity contribution in [2.75, 3.05) is 34.3 Å². The molecular weight excluding hydrogens is 310 g/mol. The average Bonchev–Trinajstić information content (AvgIpc) is 3.02. The molecule has 1 aliphatic heterocycles. The van der Waals surface area contributed by atoms with Crippen LogP contribution >= 0.6 is 0 Å². The van der Waals surface area contributed by atoms with Crippen molar-refractivity contribution in [2.45, 2.75) is 6.04 Å². The first-order valence-corrected chi connectivity index (χ1v) is 7.56. The van der Waals surface area contributed by atoms with Gasteiger partial charge in [0.1, 0.15) is 5.75 Å². The normalized spacial score (nSPS) is 14.2. The van der Waals surface area contributed by atoms with E-state index in [2.05, 4.69) is 10.3 Å². The van der Waals surface area contributed by atoms with Gasteiger partial charge in [0.05, 0.1) is 19.3 Å².